The van der Waals surface area contributed by atoms with Crippen molar-refractivity contribution >= 4 is 43.9 Å². The predicted molar refractivity (Wildman–Crippen MR) is 88.3 cm³/mol. The van der Waals surface area contributed by atoms with Crippen molar-refractivity contribution in [1.29, 1.82) is 0 Å². The maximum absolute atomic E-state index is 5.97. The van der Waals surface area contributed by atoms with Crippen LogP contribution in [-0.4, -0.2) is 4.98 Å². The van der Waals surface area contributed by atoms with Crippen molar-refractivity contribution in [1.82, 2.24) is 4.98 Å². The second kappa shape index (κ2) is 5.13. The zero-order valence-corrected chi connectivity index (χ0v) is 12.6. The molecule has 0 aliphatic carbocycles. The molecular weight excluding hydrogens is 314 g/mol. The van der Waals surface area contributed by atoms with Gasteiger partial charge in [-0.2, -0.15) is 0 Å². The van der Waals surface area contributed by atoms with Crippen LogP contribution in [-0.2, 0) is 0 Å². The molecule has 100 valence electrons. The fourth-order valence-electron chi connectivity index (χ4n) is 2.20. The Kier molecular flexibility index (Phi) is 3.32. The van der Waals surface area contributed by atoms with Crippen LogP contribution >= 0.6 is 15.9 Å². The molecule has 0 amide bonds. The number of nitrogens with one attached hydrogen (secondary N) is 1. The lowest BCUT2D eigenvalue weighted by Crippen LogP contribution is -1.97. The quantitative estimate of drug-likeness (QED) is 0.674. The Labute approximate surface area is 126 Å². The first kappa shape index (κ1) is 12.9. The summed E-state index contributed by atoms with van der Waals surface area (Å²) >= 11 is 3.55. The standard InChI is InChI=1S/C16H14BrN3/c1-10-12(17)5-3-7-14(10)20-15-8-9-19-16-11(15)4-2-6-13(16)18/h2-9H,18H2,1H3,(H,19,20). The average Bonchev–Trinajstić information content (AvgIpc) is 2.45. The average molecular weight is 328 g/mol. The number of nitrogens with two attached hydrogens (primary N) is 1. The maximum Gasteiger partial charge on any atom is 0.0951 e. The minimum Gasteiger partial charge on any atom is -0.397 e. The summed E-state index contributed by atoms with van der Waals surface area (Å²) < 4.78 is 1.08. The number of benzene rings is 2. The van der Waals surface area contributed by atoms with Crippen LogP contribution in [0.2, 0.25) is 0 Å². The maximum atomic E-state index is 5.97. The van der Waals surface area contributed by atoms with Gasteiger partial charge in [-0.15, -0.1) is 0 Å². The number of halogens is 1. The van der Waals surface area contributed by atoms with E-state index in [1.165, 1.54) is 5.56 Å². The molecular formula is C16H14BrN3. The summed E-state index contributed by atoms with van der Waals surface area (Å²) in [6.45, 7) is 2.07. The Morgan fingerprint density at radius 1 is 1.05 bits per heavy atom. The molecule has 0 aliphatic rings. The molecule has 20 heavy (non-hydrogen) atoms. The largest absolute Gasteiger partial charge is 0.397 e. The zero-order chi connectivity index (χ0) is 14.1. The molecule has 1 heterocycles. The molecule has 3 nitrogen and oxygen atoms in total. The molecule has 0 aliphatic heterocycles. The van der Waals surface area contributed by atoms with Gasteiger partial charge >= 0.3 is 0 Å². The number of aromatic nitrogens is 1. The van der Waals surface area contributed by atoms with E-state index in [1.54, 1.807) is 6.20 Å². The molecule has 0 saturated carbocycles. The summed E-state index contributed by atoms with van der Waals surface area (Å²) in [5, 5.41) is 4.48. The second-order valence-corrected chi connectivity index (χ2v) is 5.49. The van der Waals surface area contributed by atoms with Crippen LogP contribution in [0.3, 0.4) is 0 Å². The Hall–Kier alpha value is -2.07. The molecule has 0 unspecified atom stereocenters. The van der Waals surface area contributed by atoms with Crippen LogP contribution in [0.4, 0.5) is 17.1 Å². The molecule has 3 aromatic rings. The van der Waals surface area contributed by atoms with Crippen molar-refractivity contribution < 1.29 is 0 Å². The van der Waals surface area contributed by atoms with E-state index in [-0.39, 0.29) is 0 Å². The van der Waals surface area contributed by atoms with Crippen LogP contribution in [0, 0.1) is 6.92 Å². The van der Waals surface area contributed by atoms with Crippen molar-refractivity contribution in [3.05, 3.63) is 58.7 Å². The summed E-state index contributed by atoms with van der Waals surface area (Å²) in [6, 6.07) is 13.9. The third-order valence-electron chi connectivity index (χ3n) is 3.34. The summed E-state index contributed by atoms with van der Waals surface area (Å²) in [5.74, 6) is 0. The lowest BCUT2D eigenvalue weighted by atomic mass is 10.1. The van der Waals surface area contributed by atoms with Gasteiger partial charge in [-0.05, 0) is 36.8 Å². The summed E-state index contributed by atoms with van der Waals surface area (Å²) in [5.41, 5.74) is 10.7. The van der Waals surface area contributed by atoms with Crippen molar-refractivity contribution in [3.8, 4) is 0 Å². The van der Waals surface area contributed by atoms with E-state index >= 15 is 0 Å². The van der Waals surface area contributed by atoms with Crippen LogP contribution < -0.4 is 11.1 Å². The molecule has 4 heteroatoms. The van der Waals surface area contributed by atoms with E-state index in [4.69, 9.17) is 5.73 Å². The van der Waals surface area contributed by atoms with Gasteiger partial charge in [0.1, 0.15) is 0 Å². The number of pyridine rings is 1. The zero-order valence-electron chi connectivity index (χ0n) is 11.0. The van der Waals surface area contributed by atoms with Gasteiger partial charge in [-0.1, -0.05) is 34.1 Å². The van der Waals surface area contributed by atoms with Gasteiger partial charge < -0.3 is 11.1 Å². The molecule has 0 radical (unpaired) electrons. The highest BCUT2D eigenvalue weighted by atomic mass is 79.9. The second-order valence-electron chi connectivity index (χ2n) is 4.64. The molecule has 3 rings (SSSR count). The van der Waals surface area contributed by atoms with E-state index in [9.17, 15) is 0 Å². The van der Waals surface area contributed by atoms with E-state index in [0.29, 0.717) is 5.69 Å². The number of anilines is 3. The van der Waals surface area contributed by atoms with E-state index in [2.05, 4.69) is 39.2 Å². The number of hydrogen-bond acceptors (Lipinski definition) is 3. The number of hydrogen-bond donors (Lipinski definition) is 2. The first-order valence-electron chi connectivity index (χ1n) is 6.32. The van der Waals surface area contributed by atoms with E-state index < -0.39 is 0 Å². The van der Waals surface area contributed by atoms with Gasteiger partial charge in [0.15, 0.2) is 0 Å². The van der Waals surface area contributed by atoms with Crippen molar-refractivity contribution in [2.75, 3.05) is 11.1 Å². The Morgan fingerprint density at radius 2 is 1.85 bits per heavy atom. The highest BCUT2D eigenvalue weighted by molar-refractivity contribution is 9.10. The number of fused-ring (bicyclic) bond motifs is 1. The van der Waals surface area contributed by atoms with Crippen molar-refractivity contribution in [2.45, 2.75) is 6.92 Å². The molecule has 0 saturated heterocycles. The first-order valence-corrected chi connectivity index (χ1v) is 7.11. The summed E-state index contributed by atoms with van der Waals surface area (Å²) in [4.78, 5) is 4.35. The van der Waals surface area contributed by atoms with Crippen LogP contribution in [0.15, 0.2) is 53.1 Å². The minimum absolute atomic E-state index is 0.692. The molecule has 0 fully saturated rings. The lowest BCUT2D eigenvalue weighted by molar-refractivity contribution is 1.38. The summed E-state index contributed by atoms with van der Waals surface area (Å²) in [6.07, 6.45) is 1.77. The van der Waals surface area contributed by atoms with Crippen LogP contribution in [0.1, 0.15) is 5.56 Å². The lowest BCUT2D eigenvalue weighted by Gasteiger charge is -2.13. The first-order chi connectivity index (χ1) is 9.66. The number of para-hydroxylation sites is 1. The van der Waals surface area contributed by atoms with E-state index in [0.717, 1.165) is 26.8 Å². The number of rotatable bonds is 2. The van der Waals surface area contributed by atoms with Crippen LogP contribution in [0.5, 0.6) is 0 Å². The Balaban J connectivity index is 2.12. The Morgan fingerprint density at radius 3 is 2.70 bits per heavy atom. The molecule has 0 atom stereocenters. The monoisotopic (exact) mass is 327 g/mol. The van der Waals surface area contributed by atoms with Crippen molar-refractivity contribution in [2.24, 2.45) is 0 Å². The van der Waals surface area contributed by atoms with Gasteiger partial charge in [0.2, 0.25) is 0 Å². The fraction of sp³-hybridized carbons (Fsp3) is 0.0625. The van der Waals surface area contributed by atoms with E-state index in [1.807, 2.05) is 36.4 Å². The molecule has 2 aromatic carbocycles. The molecule has 1 aromatic heterocycles. The number of nitrogens with zero attached hydrogens (tertiary/aromatic N) is 1. The van der Waals surface area contributed by atoms with Gasteiger partial charge in [-0.3, -0.25) is 4.98 Å². The highest BCUT2D eigenvalue weighted by Crippen LogP contribution is 2.31. The van der Waals surface area contributed by atoms with Gasteiger partial charge in [0.25, 0.3) is 0 Å². The fourth-order valence-corrected chi connectivity index (χ4v) is 2.56. The molecule has 0 bridgehead atoms. The molecule has 3 N–H and O–H groups in total. The highest BCUT2D eigenvalue weighted by Gasteiger charge is 2.07. The summed E-state index contributed by atoms with van der Waals surface area (Å²) in [7, 11) is 0. The third kappa shape index (κ3) is 2.23. The molecule has 0 spiro atoms. The Bertz CT molecular complexity index is 784. The minimum atomic E-state index is 0.692. The van der Waals surface area contributed by atoms with Gasteiger partial charge in [0.05, 0.1) is 11.2 Å². The van der Waals surface area contributed by atoms with Gasteiger partial charge in [-0.25, -0.2) is 0 Å². The third-order valence-corrected chi connectivity index (χ3v) is 4.20. The predicted octanol–water partition coefficient (Wildman–Crippen LogP) is 4.63. The normalized spacial score (nSPS) is 10.7. The van der Waals surface area contributed by atoms with Crippen molar-refractivity contribution in [3.63, 3.8) is 0 Å². The SMILES string of the molecule is Cc1c(Br)cccc1Nc1ccnc2c(N)cccc12. The van der Waals surface area contributed by atoms with Gasteiger partial charge in [0, 0.05) is 27.4 Å². The smallest absolute Gasteiger partial charge is 0.0951 e. The van der Waals surface area contributed by atoms with Crippen LogP contribution in [0.25, 0.3) is 10.9 Å². The topological polar surface area (TPSA) is 50.9 Å². The number of nitrogen functional groups attached to an aromatic ring is 1.